The third kappa shape index (κ3) is 11.2. The van der Waals surface area contributed by atoms with E-state index >= 15 is 0 Å². The number of piperazine rings is 1. The Morgan fingerprint density at radius 1 is 1.00 bits per heavy atom. The Morgan fingerprint density at radius 2 is 1.53 bits per heavy atom. The lowest BCUT2D eigenvalue weighted by atomic mass is 10.2. The smallest absolute Gasteiger partial charge is 0.328 e. The number of carbonyl (C=O) groups excluding carboxylic acids is 1. The SMILES string of the molecule is CC(=O)Nc1ccc(N2CCN(CCCN(C)C)CC2)cc1.O=C(O)/C=C\C(=O)O. The molecule has 30 heavy (non-hydrogen) atoms. The van der Waals surface area contributed by atoms with E-state index in [2.05, 4.69) is 46.2 Å². The molecule has 1 aromatic rings. The van der Waals surface area contributed by atoms with Gasteiger partial charge in [-0.25, -0.2) is 9.59 Å². The lowest BCUT2D eigenvalue weighted by Gasteiger charge is -2.36. The number of anilines is 2. The lowest BCUT2D eigenvalue weighted by molar-refractivity contribution is -0.134. The minimum absolute atomic E-state index is 0.0286. The van der Waals surface area contributed by atoms with Crippen molar-refractivity contribution in [3.63, 3.8) is 0 Å². The van der Waals surface area contributed by atoms with E-state index < -0.39 is 11.9 Å². The summed E-state index contributed by atoms with van der Waals surface area (Å²) in [6.45, 7) is 8.27. The van der Waals surface area contributed by atoms with Crippen LogP contribution in [0.2, 0.25) is 0 Å². The number of benzene rings is 1. The van der Waals surface area contributed by atoms with Crippen molar-refractivity contribution in [3.8, 4) is 0 Å². The van der Waals surface area contributed by atoms with E-state index in [-0.39, 0.29) is 5.91 Å². The third-order valence-corrected chi connectivity index (χ3v) is 4.37. The zero-order chi connectivity index (χ0) is 22.5. The van der Waals surface area contributed by atoms with Gasteiger partial charge in [0.1, 0.15) is 0 Å². The summed E-state index contributed by atoms with van der Waals surface area (Å²) in [5.74, 6) is -2.54. The Morgan fingerprint density at radius 3 is 1.97 bits per heavy atom. The number of amides is 1. The van der Waals surface area contributed by atoms with Gasteiger partial charge in [-0.3, -0.25) is 9.69 Å². The zero-order valence-corrected chi connectivity index (χ0v) is 17.9. The highest BCUT2D eigenvalue weighted by Gasteiger charge is 2.16. The van der Waals surface area contributed by atoms with E-state index in [1.54, 1.807) is 0 Å². The molecule has 166 valence electrons. The van der Waals surface area contributed by atoms with Gasteiger partial charge in [0.15, 0.2) is 0 Å². The van der Waals surface area contributed by atoms with Gasteiger partial charge < -0.3 is 25.3 Å². The molecule has 0 aromatic heterocycles. The summed E-state index contributed by atoms with van der Waals surface area (Å²) >= 11 is 0. The van der Waals surface area contributed by atoms with Crippen molar-refractivity contribution in [1.29, 1.82) is 0 Å². The quantitative estimate of drug-likeness (QED) is 0.542. The first kappa shape index (κ1) is 25.1. The Bertz CT molecular complexity index is 695. The number of nitrogens with zero attached hydrogens (tertiary/aromatic N) is 3. The van der Waals surface area contributed by atoms with Crippen LogP contribution in [0.1, 0.15) is 13.3 Å². The van der Waals surface area contributed by atoms with Crippen molar-refractivity contribution >= 4 is 29.2 Å². The molecule has 1 aliphatic rings. The maximum absolute atomic E-state index is 11.0. The van der Waals surface area contributed by atoms with E-state index in [1.165, 1.54) is 25.6 Å². The minimum atomic E-state index is -1.26. The molecule has 1 aromatic carbocycles. The maximum atomic E-state index is 11.0. The highest BCUT2D eigenvalue weighted by atomic mass is 16.4. The summed E-state index contributed by atoms with van der Waals surface area (Å²) in [4.78, 5) is 37.3. The van der Waals surface area contributed by atoms with Gasteiger partial charge in [-0.15, -0.1) is 0 Å². The number of rotatable bonds is 8. The largest absolute Gasteiger partial charge is 0.478 e. The average Bonchev–Trinajstić information content (AvgIpc) is 2.67. The van der Waals surface area contributed by atoms with Crippen LogP contribution >= 0.6 is 0 Å². The van der Waals surface area contributed by atoms with Gasteiger partial charge in [-0.2, -0.15) is 0 Å². The second-order valence-electron chi connectivity index (χ2n) is 7.22. The number of hydrogen-bond acceptors (Lipinski definition) is 6. The van der Waals surface area contributed by atoms with Crippen molar-refractivity contribution in [2.45, 2.75) is 13.3 Å². The van der Waals surface area contributed by atoms with Crippen molar-refractivity contribution in [3.05, 3.63) is 36.4 Å². The molecule has 1 saturated heterocycles. The molecule has 1 fully saturated rings. The van der Waals surface area contributed by atoms with E-state index in [0.29, 0.717) is 12.2 Å². The van der Waals surface area contributed by atoms with Crippen LogP contribution in [0.3, 0.4) is 0 Å². The topological polar surface area (TPSA) is 113 Å². The molecule has 2 rings (SSSR count). The van der Waals surface area contributed by atoms with Crippen LogP contribution in [-0.4, -0.2) is 91.2 Å². The van der Waals surface area contributed by atoms with Crippen LogP contribution in [-0.2, 0) is 14.4 Å². The van der Waals surface area contributed by atoms with Gasteiger partial charge in [0.2, 0.25) is 5.91 Å². The molecule has 0 saturated carbocycles. The Kier molecular flexibility index (Phi) is 11.2. The molecule has 1 aliphatic heterocycles. The van der Waals surface area contributed by atoms with Crippen LogP contribution in [0.15, 0.2) is 36.4 Å². The standard InChI is InChI=1S/C17H28N4O.C4H4O4/c1-15(22)18-16-5-7-17(8-6-16)21-13-11-20(12-14-21)10-4-9-19(2)3;5-3(6)1-2-4(7)8/h5-8H,4,9-14H2,1-3H3,(H,18,22);1-2H,(H,5,6)(H,7,8)/b;2-1-. The predicted molar refractivity (Wildman–Crippen MR) is 117 cm³/mol. The molecular formula is C21H32N4O5. The van der Waals surface area contributed by atoms with E-state index in [1.807, 2.05) is 12.1 Å². The van der Waals surface area contributed by atoms with Crippen LogP contribution in [0.25, 0.3) is 0 Å². The molecule has 1 heterocycles. The normalized spacial score (nSPS) is 14.3. The van der Waals surface area contributed by atoms with Crippen molar-refractivity contribution in [2.75, 3.05) is 63.6 Å². The summed E-state index contributed by atoms with van der Waals surface area (Å²) < 4.78 is 0. The Hall–Kier alpha value is -2.91. The minimum Gasteiger partial charge on any atom is -0.478 e. The molecule has 0 bridgehead atoms. The molecule has 3 N–H and O–H groups in total. The van der Waals surface area contributed by atoms with Crippen molar-refractivity contribution < 1.29 is 24.6 Å². The Labute approximate surface area is 177 Å². The van der Waals surface area contributed by atoms with Crippen LogP contribution < -0.4 is 10.2 Å². The second-order valence-corrected chi connectivity index (χ2v) is 7.22. The summed E-state index contributed by atoms with van der Waals surface area (Å²) in [6.07, 6.45) is 2.35. The number of carbonyl (C=O) groups is 3. The van der Waals surface area contributed by atoms with Crippen LogP contribution in [0, 0.1) is 0 Å². The third-order valence-electron chi connectivity index (χ3n) is 4.37. The first-order valence-corrected chi connectivity index (χ1v) is 9.81. The lowest BCUT2D eigenvalue weighted by Crippen LogP contribution is -2.46. The molecule has 0 aliphatic carbocycles. The molecule has 0 spiro atoms. The van der Waals surface area contributed by atoms with Crippen molar-refractivity contribution in [1.82, 2.24) is 9.80 Å². The maximum Gasteiger partial charge on any atom is 0.328 e. The molecule has 9 heteroatoms. The zero-order valence-electron chi connectivity index (χ0n) is 17.9. The average molecular weight is 421 g/mol. The van der Waals surface area contributed by atoms with Gasteiger partial charge in [0.25, 0.3) is 0 Å². The molecule has 1 amide bonds. The fourth-order valence-electron chi connectivity index (χ4n) is 2.94. The summed E-state index contributed by atoms with van der Waals surface area (Å²) in [5.41, 5.74) is 2.10. The fraction of sp³-hybridized carbons (Fsp3) is 0.476. The molecular weight excluding hydrogens is 388 g/mol. The van der Waals surface area contributed by atoms with E-state index in [9.17, 15) is 14.4 Å². The van der Waals surface area contributed by atoms with E-state index in [0.717, 1.165) is 38.4 Å². The number of carboxylic acids is 2. The van der Waals surface area contributed by atoms with Gasteiger partial charge in [0.05, 0.1) is 0 Å². The number of nitrogens with one attached hydrogen (secondary N) is 1. The van der Waals surface area contributed by atoms with Gasteiger partial charge in [-0.05, 0) is 57.9 Å². The highest BCUT2D eigenvalue weighted by Crippen LogP contribution is 2.19. The number of aliphatic carboxylic acids is 2. The van der Waals surface area contributed by atoms with Crippen LogP contribution in [0.5, 0.6) is 0 Å². The fourth-order valence-corrected chi connectivity index (χ4v) is 2.94. The van der Waals surface area contributed by atoms with Crippen LogP contribution in [0.4, 0.5) is 11.4 Å². The highest BCUT2D eigenvalue weighted by molar-refractivity contribution is 5.89. The predicted octanol–water partition coefficient (Wildman–Crippen LogP) is 1.43. The molecule has 0 unspecified atom stereocenters. The van der Waals surface area contributed by atoms with Gasteiger partial charge >= 0.3 is 11.9 Å². The summed E-state index contributed by atoms with van der Waals surface area (Å²) in [6, 6.07) is 8.13. The van der Waals surface area contributed by atoms with Gasteiger partial charge in [-0.1, -0.05) is 0 Å². The monoisotopic (exact) mass is 420 g/mol. The molecule has 0 radical (unpaired) electrons. The molecule has 0 atom stereocenters. The second kappa shape index (κ2) is 13.3. The number of hydrogen-bond donors (Lipinski definition) is 3. The Balaban J connectivity index is 0.000000479. The molecule has 9 nitrogen and oxygen atoms in total. The summed E-state index contributed by atoms with van der Waals surface area (Å²) in [5, 5.41) is 18.4. The van der Waals surface area contributed by atoms with Crippen molar-refractivity contribution in [2.24, 2.45) is 0 Å². The summed E-state index contributed by atoms with van der Waals surface area (Å²) in [7, 11) is 4.26. The first-order chi connectivity index (χ1) is 14.2. The first-order valence-electron chi connectivity index (χ1n) is 9.81. The van der Waals surface area contributed by atoms with E-state index in [4.69, 9.17) is 10.2 Å². The number of carboxylic acid groups (broad SMARTS) is 2. The van der Waals surface area contributed by atoms with Gasteiger partial charge in [0, 0.05) is 56.6 Å².